The maximum absolute atomic E-state index is 6.08. The summed E-state index contributed by atoms with van der Waals surface area (Å²) < 4.78 is 3.49. The van der Waals surface area contributed by atoms with Crippen LogP contribution in [0.1, 0.15) is 5.56 Å². The van der Waals surface area contributed by atoms with Gasteiger partial charge in [-0.25, -0.2) is 0 Å². The Morgan fingerprint density at radius 2 is 2.20 bits per heavy atom. The van der Waals surface area contributed by atoms with E-state index >= 15 is 0 Å². The molecule has 1 aromatic heterocycles. The maximum Gasteiger partial charge on any atom is 0.181 e. The van der Waals surface area contributed by atoms with Gasteiger partial charge in [0, 0.05) is 21.9 Å². The monoisotopic (exact) mass is 302 g/mol. The largest absolute Gasteiger partial charge is 0.337 e. The van der Waals surface area contributed by atoms with Gasteiger partial charge < -0.3 is 4.98 Å². The first kappa shape index (κ1) is 10.9. The highest BCUT2D eigenvalue weighted by molar-refractivity contribution is 9.10. The smallest absolute Gasteiger partial charge is 0.181 e. The number of rotatable bonds is 1. The molecule has 5 heteroatoms. The minimum Gasteiger partial charge on any atom is -0.337 e. The van der Waals surface area contributed by atoms with Crippen molar-refractivity contribution < 1.29 is 0 Å². The summed E-state index contributed by atoms with van der Waals surface area (Å²) in [5.41, 5.74) is 1.98. The van der Waals surface area contributed by atoms with Gasteiger partial charge in [-0.3, -0.25) is 4.57 Å². The fourth-order valence-electron chi connectivity index (χ4n) is 1.33. The van der Waals surface area contributed by atoms with Crippen LogP contribution in [0.2, 0.25) is 5.02 Å². The van der Waals surface area contributed by atoms with Gasteiger partial charge >= 0.3 is 0 Å². The summed E-state index contributed by atoms with van der Waals surface area (Å²) in [6, 6.07) is 3.87. The molecule has 0 atom stereocenters. The second-order valence-corrected chi connectivity index (χ2v) is 4.84. The van der Waals surface area contributed by atoms with Gasteiger partial charge in [0.2, 0.25) is 0 Å². The van der Waals surface area contributed by atoms with Crippen molar-refractivity contribution in [1.29, 1.82) is 0 Å². The Kier molecular flexibility index (Phi) is 3.00. The molecule has 0 aliphatic heterocycles. The lowest BCUT2D eigenvalue weighted by Gasteiger charge is -2.08. The number of nitrogens with zero attached hydrogens (tertiary/aromatic N) is 1. The van der Waals surface area contributed by atoms with Crippen molar-refractivity contribution >= 4 is 39.7 Å². The number of H-pyrrole nitrogens is 1. The van der Waals surface area contributed by atoms with Crippen molar-refractivity contribution in [2.75, 3.05) is 0 Å². The van der Waals surface area contributed by atoms with Crippen LogP contribution < -0.4 is 0 Å². The van der Waals surface area contributed by atoms with Crippen LogP contribution >= 0.6 is 39.7 Å². The van der Waals surface area contributed by atoms with Gasteiger partial charge in [0.25, 0.3) is 0 Å². The van der Waals surface area contributed by atoms with E-state index in [1.807, 2.05) is 29.8 Å². The molecule has 0 bridgehead atoms. The second kappa shape index (κ2) is 4.12. The van der Waals surface area contributed by atoms with Crippen LogP contribution in [0.5, 0.6) is 0 Å². The molecule has 15 heavy (non-hydrogen) atoms. The third-order valence-corrected chi connectivity index (χ3v) is 3.49. The van der Waals surface area contributed by atoms with Gasteiger partial charge in [-0.2, -0.15) is 0 Å². The topological polar surface area (TPSA) is 20.7 Å². The van der Waals surface area contributed by atoms with Crippen LogP contribution in [0, 0.1) is 11.7 Å². The molecule has 0 fully saturated rings. The summed E-state index contributed by atoms with van der Waals surface area (Å²) in [6.45, 7) is 1.97. The quantitative estimate of drug-likeness (QED) is 0.781. The molecule has 78 valence electrons. The zero-order chi connectivity index (χ0) is 11.0. The van der Waals surface area contributed by atoms with Crippen molar-refractivity contribution in [2.45, 2.75) is 6.92 Å². The number of imidazole rings is 1. The molecule has 2 nitrogen and oxygen atoms in total. The molecule has 1 aromatic carbocycles. The first-order valence-corrected chi connectivity index (χ1v) is 5.89. The number of hydrogen-bond donors (Lipinski definition) is 1. The molecule has 0 spiro atoms. The Morgan fingerprint density at radius 1 is 1.47 bits per heavy atom. The third-order valence-electron chi connectivity index (χ3n) is 2.14. The SMILES string of the molecule is Cc1cc(Br)c(-n2cc[nH]c2=S)cc1Cl. The molecule has 0 amide bonds. The molecule has 0 saturated carbocycles. The van der Waals surface area contributed by atoms with Crippen molar-refractivity contribution in [3.05, 3.63) is 44.4 Å². The summed E-state index contributed by atoms with van der Waals surface area (Å²) in [7, 11) is 0. The Bertz CT molecular complexity index is 559. The minimum atomic E-state index is 0.649. The summed E-state index contributed by atoms with van der Waals surface area (Å²) >= 11 is 14.7. The first-order valence-electron chi connectivity index (χ1n) is 4.31. The van der Waals surface area contributed by atoms with E-state index in [4.69, 9.17) is 23.8 Å². The predicted molar refractivity (Wildman–Crippen MR) is 68.4 cm³/mol. The van der Waals surface area contributed by atoms with E-state index in [2.05, 4.69) is 20.9 Å². The fourth-order valence-corrected chi connectivity index (χ4v) is 2.36. The molecular formula is C10H8BrClN2S. The number of aryl methyl sites for hydroxylation is 1. The first-order chi connectivity index (χ1) is 7.09. The van der Waals surface area contributed by atoms with E-state index < -0.39 is 0 Å². The number of aromatic amines is 1. The van der Waals surface area contributed by atoms with Crippen molar-refractivity contribution in [3.8, 4) is 5.69 Å². The highest BCUT2D eigenvalue weighted by Gasteiger charge is 2.06. The zero-order valence-corrected chi connectivity index (χ0v) is 11.1. The van der Waals surface area contributed by atoms with Gasteiger partial charge in [0.15, 0.2) is 4.77 Å². The average Bonchev–Trinajstić information content (AvgIpc) is 2.58. The van der Waals surface area contributed by atoms with E-state index in [1.54, 1.807) is 6.20 Å². The predicted octanol–water partition coefficient (Wildman–Crippen LogP) is 4.26. The normalized spacial score (nSPS) is 10.6. The van der Waals surface area contributed by atoms with Gasteiger partial charge in [-0.1, -0.05) is 11.6 Å². The standard InChI is InChI=1S/C10H8BrClN2S/c1-6-4-7(11)9(5-8(6)12)14-3-2-13-10(14)15/h2-5H,1H3,(H,13,15). The van der Waals surface area contributed by atoms with Gasteiger partial charge in [-0.05, 0) is 52.8 Å². The Hall–Kier alpha value is -0.580. The highest BCUT2D eigenvalue weighted by atomic mass is 79.9. The van der Waals surface area contributed by atoms with Crippen molar-refractivity contribution in [1.82, 2.24) is 9.55 Å². The molecule has 0 saturated heterocycles. The van der Waals surface area contributed by atoms with Crippen LogP contribution in [0.25, 0.3) is 5.69 Å². The zero-order valence-electron chi connectivity index (χ0n) is 7.92. The lowest BCUT2D eigenvalue weighted by molar-refractivity contribution is 1.02. The van der Waals surface area contributed by atoms with Gasteiger partial charge in [0.1, 0.15) is 0 Å². The van der Waals surface area contributed by atoms with Crippen LogP contribution in [0.3, 0.4) is 0 Å². The molecule has 1 heterocycles. The fraction of sp³-hybridized carbons (Fsp3) is 0.100. The summed E-state index contributed by atoms with van der Waals surface area (Å²) in [5.74, 6) is 0. The molecule has 0 aliphatic carbocycles. The van der Waals surface area contributed by atoms with E-state index in [0.29, 0.717) is 4.77 Å². The molecule has 1 N–H and O–H groups in total. The van der Waals surface area contributed by atoms with Crippen LogP contribution in [0.15, 0.2) is 29.0 Å². The lowest BCUT2D eigenvalue weighted by Crippen LogP contribution is -1.94. The molecule has 0 aliphatic rings. The van der Waals surface area contributed by atoms with Crippen molar-refractivity contribution in [3.63, 3.8) is 0 Å². The minimum absolute atomic E-state index is 0.649. The summed E-state index contributed by atoms with van der Waals surface area (Å²) in [4.78, 5) is 2.94. The van der Waals surface area contributed by atoms with Crippen molar-refractivity contribution in [2.24, 2.45) is 0 Å². The number of aromatic nitrogens is 2. The van der Waals surface area contributed by atoms with E-state index in [0.717, 1.165) is 20.7 Å². The lowest BCUT2D eigenvalue weighted by atomic mass is 10.2. The molecule has 0 unspecified atom stereocenters. The number of nitrogens with one attached hydrogen (secondary N) is 1. The number of halogens is 2. The Morgan fingerprint density at radius 3 is 2.80 bits per heavy atom. The van der Waals surface area contributed by atoms with Gasteiger partial charge in [-0.15, -0.1) is 0 Å². The highest BCUT2D eigenvalue weighted by Crippen LogP contribution is 2.28. The number of benzene rings is 1. The molecular weight excluding hydrogens is 296 g/mol. The van der Waals surface area contributed by atoms with E-state index in [-0.39, 0.29) is 0 Å². The third kappa shape index (κ3) is 2.02. The molecule has 2 aromatic rings. The van der Waals surface area contributed by atoms with Crippen LogP contribution in [0.4, 0.5) is 0 Å². The maximum atomic E-state index is 6.08. The second-order valence-electron chi connectivity index (χ2n) is 3.19. The molecule has 2 rings (SSSR count). The summed E-state index contributed by atoms with van der Waals surface area (Å²) in [6.07, 6.45) is 3.66. The van der Waals surface area contributed by atoms with Crippen LogP contribution in [-0.4, -0.2) is 9.55 Å². The summed E-state index contributed by atoms with van der Waals surface area (Å²) in [5, 5.41) is 0.733. The average molecular weight is 304 g/mol. The Balaban J connectivity index is 2.69. The van der Waals surface area contributed by atoms with E-state index in [9.17, 15) is 0 Å². The number of hydrogen-bond acceptors (Lipinski definition) is 1. The van der Waals surface area contributed by atoms with Crippen LogP contribution in [-0.2, 0) is 0 Å². The Labute approximate surface area is 106 Å². The van der Waals surface area contributed by atoms with Gasteiger partial charge in [0.05, 0.1) is 5.69 Å². The van der Waals surface area contributed by atoms with E-state index in [1.165, 1.54) is 0 Å². The molecule has 0 radical (unpaired) electrons.